The number of methoxy groups -OCH3 is 3. The smallest absolute Gasteiger partial charge is 0.342 e. The highest BCUT2D eigenvalue weighted by atomic mass is 32.2. The summed E-state index contributed by atoms with van der Waals surface area (Å²) in [4.78, 5) is 26.3. The van der Waals surface area contributed by atoms with Crippen molar-refractivity contribution in [2.45, 2.75) is 11.8 Å². The van der Waals surface area contributed by atoms with Crippen LogP contribution in [0.25, 0.3) is 11.0 Å². The number of anilines is 1. The molecule has 186 valence electrons. The van der Waals surface area contributed by atoms with Gasteiger partial charge in [0.25, 0.3) is 15.9 Å². The van der Waals surface area contributed by atoms with Gasteiger partial charge in [0.2, 0.25) is 0 Å². The first-order valence-corrected chi connectivity index (χ1v) is 12.2. The molecule has 0 aliphatic heterocycles. The summed E-state index contributed by atoms with van der Waals surface area (Å²) in [6, 6.07) is 16.5. The second-order valence-electron chi connectivity index (χ2n) is 7.63. The van der Waals surface area contributed by atoms with Crippen LogP contribution in [0.4, 0.5) is 5.69 Å². The van der Waals surface area contributed by atoms with Gasteiger partial charge in [0, 0.05) is 5.39 Å². The molecule has 0 spiro atoms. The second kappa shape index (κ2) is 9.74. The largest absolute Gasteiger partial charge is 0.496 e. The number of furan rings is 1. The SMILES string of the molecule is COC(=O)c1c(C)oc2ccc(N(C(=O)c3c(OC)cccc3OC)S(=O)(=O)c3ccccc3)cc12. The van der Waals surface area contributed by atoms with Crippen molar-refractivity contribution in [3.8, 4) is 11.5 Å². The van der Waals surface area contributed by atoms with E-state index in [1.165, 1.54) is 63.8 Å². The van der Waals surface area contributed by atoms with Crippen molar-refractivity contribution in [1.82, 2.24) is 0 Å². The summed E-state index contributed by atoms with van der Waals surface area (Å²) in [6.45, 7) is 1.59. The average Bonchev–Trinajstić information content (AvgIpc) is 3.23. The van der Waals surface area contributed by atoms with E-state index >= 15 is 0 Å². The fourth-order valence-corrected chi connectivity index (χ4v) is 5.33. The van der Waals surface area contributed by atoms with Crippen LogP contribution in [0.3, 0.4) is 0 Å². The van der Waals surface area contributed by atoms with Gasteiger partial charge in [-0.25, -0.2) is 13.2 Å². The van der Waals surface area contributed by atoms with Crippen LogP contribution < -0.4 is 13.8 Å². The van der Waals surface area contributed by atoms with Gasteiger partial charge in [-0.2, -0.15) is 4.31 Å². The maximum atomic E-state index is 14.0. The number of fused-ring (bicyclic) bond motifs is 1. The molecule has 36 heavy (non-hydrogen) atoms. The lowest BCUT2D eigenvalue weighted by Gasteiger charge is -2.24. The van der Waals surface area contributed by atoms with Gasteiger partial charge in [-0.05, 0) is 49.4 Å². The number of hydrogen-bond acceptors (Lipinski definition) is 8. The molecule has 1 heterocycles. The predicted octanol–water partition coefficient (Wildman–Crippen LogP) is 4.58. The maximum absolute atomic E-state index is 14.0. The van der Waals surface area contributed by atoms with E-state index in [9.17, 15) is 18.0 Å². The Morgan fingerprint density at radius 2 is 1.47 bits per heavy atom. The molecular weight excluding hydrogens is 486 g/mol. The van der Waals surface area contributed by atoms with E-state index in [1.807, 2.05) is 0 Å². The highest BCUT2D eigenvalue weighted by Crippen LogP contribution is 2.36. The van der Waals surface area contributed by atoms with E-state index in [1.54, 1.807) is 31.2 Å². The van der Waals surface area contributed by atoms with Crippen LogP contribution in [-0.2, 0) is 14.8 Å². The van der Waals surface area contributed by atoms with E-state index in [2.05, 4.69) is 0 Å². The van der Waals surface area contributed by atoms with Crippen molar-refractivity contribution in [2.24, 2.45) is 0 Å². The minimum atomic E-state index is -4.43. The van der Waals surface area contributed by atoms with Crippen molar-refractivity contribution in [3.63, 3.8) is 0 Å². The van der Waals surface area contributed by atoms with Crippen LogP contribution in [0.15, 0.2) is 76.0 Å². The molecule has 4 rings (SSSR count). The van der Waals surface area contributed by atoms with Crippen LogP contribution in [0.1, 0.15) is 26.5 Å². The summed E-state index contributed by atoms with van der Waals surface area (Å²) < 4.78 is 49.6. The minimum absolute atomic E-state index is 0.0183. The quantitative estimate of drug-likeness (QED) is 0.333. The van der Waals surface area contributed by atoms with Crippen molar-refractivity contribution in [1.29, 1.82) is 0 Å². The lowest BCUT2D eigenvalue weighted by atomic mass is 10.1. The van der Waals surface area contributed by atoms with Crippen molar-refractivity contribution < 1.29 is 36.6 Å². The zero-order chi connectivity index (χ0) is 26.0. The van der Waals surface area contributed by atoms with Crippen LogP contribution in [0.2, 0.25) is 0 Å². The Labute approximate surface area is 207 Å². The normalized spacial score (nSPS) is 11.2. The Balaban J connectivity index is 2.01. The first-order chi connectivity index (χ1) is 17.2. The van der Waals surface area contributed by atoms with E-state index in [0.29, 0.717) is 21.0 Å². The summed E-state index contributed by atoms with van der Waals surface area (Å²) in [7, 11) is -0.465. The summed E-state index contributed by atoms with van der Waals surface area (Å²) in [5.41, 5.74) is 0.360. The zero-order valence-corrected chi connectivity index (χ0v) is 20.8. The predicted molar refractivity (Wildman–Crippen MR) is 132 cm³/mol. The maximum Gasteiger partial charge on any atom is 0.342 e. The van der Waals surface area contributed by atoms with E-state index in [4.69, 9.17) is 18.6 Å². The third-order valence-electron chi connectivity index (χ3n) is 5.58. The fourth-order valence-electron chi connectivity index (χ4n) is 3.92. The van der Waals surface area contributed by atoms with Crippen LogP contribution in [0.5, 0.6) is 11.5 Å². The molecule has 3 aromatic carbocycles. The zero-order valence-electron chi connectivity index (χ0n) is 20.0. The monoisotopic (exact) mass is 509 g/mol. The Hall–Kier alpha value is -4.31. The number of hydrogen-bond donors (Lipinski definition) is 0. The van der Waals surface area contributed by atoms with E-state index in [0.717, 1.165) is 0 Å². The minimum Gasteiger partial charge on any atom is -0.496 e. The molecule has 4 aromatic rings. The number of esters is 1. The molecule has 0 atom stereocenters. The molecule has 10 heteroatoms. The molecule has 1 amide bonds. The second-order valence-corrected chi connectivity index (χ2v) is 9.42. The molecule has 9 nitrogen and oxygen atoms in total. The number of sulfonamides is 1. The third-order valence-corrected chi connectivity index (χ3v) is 7.30. The topological polar surface area (TPSA) is 112 Å². The number of nitrogens with zero attached hydrogens (tertiary/aromatic N) is 1. The van der Waals surface area contributed by atoms with Gasteiger partial charge in [0.05, 0.1) is 31.9 Å². The van der Waals surface area contributed by atoms with Gasteiger partial charge >= 0.3 is 5.97 Å². The molecule has 0 unspecified atom stereocenters. The summed E-state index contributed by atoms with van der Waals surface area (Å²) in [5.74, 6) is -1.01. The van der Waals surface area contributed by atoms with Crippen molar-refractivity contribution >= 4 is 38.6 Å². The van der Waals surface area contributed by atoms with Crippen LogP contribution in [0, 0.1) is 6.92 Å². The van der Waals surface area contributed by atoms with Crippen molar-refractivity contribution in [2.75, 3.05) is 25.6 Å². The molecule has 1 aromatic heterocycles. The first kappa shape index (κ1) is 24.8. The van der Waals surface area contributed by atoms with Gasteiger partial charge in [-0.15, -0.1) is 0 Å². The molecule has 0 saturated heterocycles. The lowest BCUT2D eigenvalue weighted by Crippen LogP contribution is -2.37. The Morgan fingerprint density at radius 3 is 2.06 bits per heavy atom. The van der Waals surface area contributed by atoms with Crippen LogP contribution >= 0.6 is 0 Å². The number of aryl methyl sites for hydroxylation is 1. The summed E-state index contributed by atoms with van der Waals surface area (Å²) in [6.07, 6.45) is 0. The number of carbonyl (C=O) groups is 2. The third kappa shape index (κ3) is 4.16. The average molecular weight is 510 g/mol. The molecule has 0 aliphatic carbocycles. The highest BCUT2D eigenvalue weighted by molar-refractivity contribution is 7.93. The summed E-state index contributed by atoms with van der Waals surface area (Å²) >= 11 is 0. The number of benzene rings is 3. The highest BCUT2D eigenvalue weighted by Gasteiger charge is 2.36. The van der Waals surface area contributed by atoms with Gasteiger partial charge < -0.3 is 18.6 Å². The van der Waals surface area contributed by atoms with Gasteiger partial charge in [0.1, 0.15) is 34.0 Å². The van der Waals surface area contributed by atoms with Crippen LogP contribution in [-0.4, -0.2) is 41.6 Å². The molecule has 0 aliphatic rings. The first-order valence-electron chi connectivity index (χ1n) is 10.7. The van der Waals surface area contributed by atoms with Gasteiger partial charge in [-0.3, -0.25) is 4.79 Å². The Bertz CT molecular complexity index is 1540. The van der Waals surface area contributed by atoms with E-state index in [-0.39, 0.29) is 33.2 Å². The molecular formula is C26H23NO8S. The standard InChI is InChI=1S/C26H23NO8S/c1-16-23(26(29)34-4)19-15-17(13-14-20(19)35-16)27(36(30,31)18-9-6-5-7-10-18)25(28)24-21(32-2)11-8-12-22(24)33-3/h5-15H,1-4H3. The van der Waals surface area contributed by atoms with Crippen molar-refractivity contribution in [3.05, 3.63) is 83.6 Å². The molecule has 0 radical (unpaired) electrons. The molecule has 0 saturated carbocycles. The Morgan fingerprint density at radius 1 is 0.833 bits per heavy atom. The molecule has 0 N–H and O–H groups in total. The number of ether oxygens (including phenoxy) is 3. The number of rotatable bonds is 7. The number of carbonyl (C=O) groups excluding carboxylic acids is 2. The Kier molecular flexibility index (Phi) is 6.71. The molecule has 0 fully saturated rings. The number of amides is 1. The van der Waals surface area contributed by atoms with E-state index < -0.39 is 21.9 Å². The van der Waals surface area contributed by atoms with Gasteiger partial charge in [-0.1, -0.05) is 24.3 Å². The molecule has 0 bridgehead atoms. The van der Waals surface area contributed by atoms with Gasteiger partial charge in [0.15, 0.2) is 0 Å². The fraction of sp³-hybridized carbons (Fsp3) is 0.154. The summed E-state index contributed by atoms with van der Waals surface area (Å²) in [5, 5.41) is 0.296. The lowest BCUT2D eigenvalue weighted by molar-refractivity contribution is 0.0600.